The second-order valence-electron chi connectivity index (χ2n) is 3.40. The Hall–Kier alpha value is -1.50. The Morgan fingerprint density at radius 2 is 1.74 bits per heavy atom. The summed E-state index contributed by atoms with van der Waals surface area (Å²) in [5.74, 6) is -1.83. The summed E-state index contributed by atoms with van der Waals surface area (Å²) in [5, 5.41) is -1.30. The van der Waals surface area contributed by atoms with Gasteiger partial charge in [-0.2, -0.15) is 17.6 Å². The highest BCUT2D eigenvalue weighted by Crippen LogP contribution is 2.39. The highest BCUT2D eigenvalue weighted by atomic mass is 35.5. The van der Waals surface area contributed by atoms with E-state index in [1.54, 1.807) is 0 Å². The van der Waals surface area contributed by atoms with Gasteiger partial charge < -0.3 is 9.47 Å². The van der Waals surface area contributed by atoms with Gasteiger partial charge in [-0.3, -0.25) is 4.79 Å². The van der Waals surface area contributed by atoms with Crippen molar-refractivity contribution in [3.8, 4) is 11.5 Å². The number of rotatable bonds is 6. The topological polar surface area (TPSA) is 35.5 Å². The summed E-state index contributed by atoms with van der Waals surface area (Å²) in [6.45, 7) is -5.36. The quantitative estimate of drug-likeness (QED) is 0.593. The fourth-order valence-corrected chi connectivity index (χ4v) is 1.53. The Labute approximate surface area is 111 Å². The average molecular weight is 301 g/mol. The van der Waals surface area contributed by atoms with Crippen molar-refractivity contribution in [1.82, 2.24) is 0 Å². The molecule has 0 aliphatic carbocycles. The molecule has 0 aliphatic heterocycles. The summed E-state index contributed by atoms with van der Waals surface area (Å²) in [5.41, 5.74) is -0.160. The van der Waals surface area contributed by atoms with Gasteiger partial charge in [0.1, 0.15) is 5.38 Å². The monoisotopic (exact) mass is 300 g/mol. The predicted octanol–water partition coefficient (Wildman–Crippen LogP) is 3.76. The highest BCUT2D eigenvalue weighted by molar-refractivity contribution is 6.31. The number of Topliss-reactive ketones (excluding diaryl/α,β-unsaturated/α-hetero) is 1. The Bertz CT molecular complexity index is 454. The molecule has 0 bridgehead atoms. The van der Waals surface area contributed by atoms with Gasteiger partial charge >= 0.3 is 13.2 Å². The molecule has 0 saturated carbocycles. The number of alkyl halides is 5. The number of hydrogen-bond donors (Lipinski definition) is 0. The van der Waals surface area contributed by atoms with E-state index >= 15 is 0 Å². The van der Waals surface area contributed by atoms with Gasteiger partial charge in [0.15, 0.2) is 17.3 Å². The molecule has 0 aromatic heterocycles. The summed E-state index contributed by atoms with van der Waals surface area (Å²) in [6, 6.07) is 3.47. The average Bonchev–Trinajstić information content (AvgIpc) is 2.29. The standard InChI is InChI=1S/C11H9ClF4O3/c1-5(17)8(12)6-3-2-4-7(18-10(13)14)9(6)19-11(15)16/h2-4,8,10-11H,1H3. The molecule has 1 atom stereocenters. The van der Waals surface area contributed by atoms with E-state index in [4.69, 9.17) is 11.6 Å². The van der Waals surface area contributed by atoms with Crippen molar-refractivity contribution in [3.63, 3.8) is 0 Å². The third-order valence-electron chi connectivity index (χ3n) is 2.06. The van der Waals surface area contributed by atoms with Crippen LogP contribution in [0, 0.1) is 0 Å². The first-order valence-electron chi connectivity index (χ1n) is 5.00. The number of para-hydroxylation sites is 1. The van der Waals surface area contributed by atoms with Crippen LogP contribution in [-0.4, -0.2) is 19.0 Å². The van der Waals surface area contributed by atoms with Crippen molar-refractivity contribution >= 4 is 17.4 Å². The van der Waals surface area contributed by atoms with Crippen LogP contribution in [0.25, 0.3) is 0 Å². The summed E-state index contributed by atoms with van der Waals surface area (Å²) < 4.78 is 57.1. The number of ketones is 1. The number of ether oxygens (including phenoxy) is 2. The first kappa shape index (κ1) is 15.6. The molecule has 0 saturated heterocycles. The van der Waals surface area contributed by atoms with Crippen LogP contribution in [0.4, 0.5) is 17.6 Å². The fraction of sp³-hybridized carbons (Fsp3) is 0.364. The van der Waals surface area contributed by atoms with Crippen molar-refractivity contribution < 1.29 is 31.8 Å². The van der Waals surface area contributed by atoms with Gasteiger partial charge in [-0.05, 0) is 13.0 Å². The van der Waals surface area contributed by atoms with Crippen LogP contribution < -0.4 is 9.47 Å². The molecule has 0 spiro atoms. The maximum atomic E-state index is 12.3. The van der Waals surface area contributed by atoms with E-state index in [1.165, 1.54) is 12.1 Å². The normalized spacial score (nSPS) is 12.6. The Balaban J connectivity index is 3.25. The Kier molecular flexibility index (Phi) is 5.41. The lowest BCUT2D eigenvalue weighted by molar-refractivity contribution is -0.116. The summed E-state index contributed by atoms with van der Waals surface area (Å²) in [6.07, 6.45) is 0. The zero-order valence-corrected chi connectivity index (χ0v) is 10.3. The number of carbonyl (C=O) groups excluding carboxylic acids is 1. The van der Waals surface area contributed by atoms with Gasteiger partial charge in [-0.1, -0.05) is 12.1 Å². The molecule has 106 valence electrons. The van der Waals surface area contributed by atoms with Crippen LogP contribution in [0.1, 0.15) is 17.9 Å². The number of benzene rings is 1. The third-order valence-corrected chi connectivity index (χ3v) is 2.60. The zero-order valence-electron chi connectivity index (χ0n) is 9.58. The lowest BCUT2D eigenvalue weighted by atomic mass is 10.1. The van der Waals surface area contributed by atoms with Gasteiger partial charge in [0.05, 0.1) is 0 Å². The van der Waals surface area contributed by atoms with Crippen molar-refractivity contribution in [2.45, 2.75) is 25.5 Å². The van der Waals surface area contributed by atoms with Crippen molar-refractivity contribution in [2.24, 2.45) is 0 Å². The minimum absolute atomic E-state index is 0.160. The summed E-state index contributed by atoms with van der Waals surface area (Å²) in [4.78, 5) is 11.2. The molecule has 0 radical (unpaired) electrons. The van der Waals surface area contributed by atoms with Gasteiger partial charge in [0.2, 0.25) is 0 Å². The van der Waals surface area contributed by atoms with Gasteiger partial charge in [0.25, 0.3) is 0 Å². The van der Waals surface area contributed by atoms with E-state index in [9.17, 15) is 22.4 Å². The van der Waals surface area contributed by atoms with Crippen LogP contribution in [-0.2, 0) is 4.79 Å². The van der Waals surface area contributed by atoms with Crippen molar-refractivity contribution in [2.75, 3.05) is 0 Å². The number of hydrogen-bond acceptors (Lipinski definition) is 3. The molecule has 0 amide bonds. The molecular weight excluding hydrogens is 292 g/mol. The molecular formula is C11H9ClF4O3. The molecule has 1 unspecified atom stereocenters. The predicted molar refractivity (Wildman–Crippen MR) is 59.0 cm³/mol. The molecule has 0 N–H and O–H groups in total. The highest BCUT2D eigenvalue weighted by Gasteiger charge is 2.24. The molecule has 3 nitrogen and oxygen atoms in total. The lowest BCUT2D eigenvalue weighted by Gasteiger charge is -2.17. The van der Waals surface area contributed by atoms with E-state index < -0.39 is 35.9 Å². The van der Waals surface area contributed by atoms with E-state index in [-0.39, 0.29) is 5.56 Å². The second kappa shape index (κ2) is 6.60. The molecule has 0 heterocycles. The minimum atomic E-state index is -3.27. The van der Waals surface area contributed by atoms with Crippen LogP contribution in [0.2, 0.25) is 0 Å². The zero-order chi connectivity index (χ0) is 14.6. The maximum absolute atomic E-state index is 12.3. The smallest absolute Gasteiger partial charge is 0.387 e. The Morgan fingerprint density at radius 1 is 1.16 bits per heavy atom. The van der Waals surface area contributed by atoms with Crippen LogP contribution in [0.5, 0.6) is 11.5 Å². The third kappa shape index (κ3) is 4.27. The molecule has 19 heavy (non-hydrogen) atoms. The lowest BCUT2D eigenvalue weighted by Crippen LogP contribution is -2.12. The molecule has 0 aliphatic rings. The van der Waals surface area contributed by atoms with Crippen LogP contribution in [0.15, 0.2) is 18.2 Å². The molecule has 1 aromatic rings. The van der Waals surface area contributed by atoms with E-state index in [0.29, 0.717) is 0 Å². The molecule has 0 fully saturated rings. The molecule has 1 rings (SSSR count). The van der Waals surface area contributed by atoms with E-state index in [1.807, 2.05) is 0 Å². The number of halogens is 5. The minimum Gasteiger partial charge on any atom is -0.431 e. The largest absolute Gasteiger partial charge is 0.431 e. The second-order valence-corrected chi connectivity index (χ2v) is 3.84. The summed E-state index contributed by atoms with van der Waals surface area (Å²) in [7, 11) is 0. The first-order chi connectivity index (χ1) is 8.82. The van der Waals surface area contributed by atoms with Crippen molar-refractivity contribution in [1.29, 1.82) is 0 Å². The van der Waals surface area contributed by atoms with Crippen LogP contribution in [0.3, 0.4) is 0 Å². The Morgan fingerprint density at radius 3 is 2.21 bits per heavy atom. The first-order valence-corrected chi connectivity index (χ1v) is 5.43. The van der Waals surface area contributed by atoms with E-state index in [0.717, 1.165) is 13.0 Å². The van der Waals surface area contributed by atoms with E-state index in [2.05, 4.69) is 9.47 Å². The molecule has 1 aromatic carbocycles. The van der Waals surface area contributed by atoms with Crippen molar-refractivity contribution in [3.05, 3.63) is 23.8 Å². The maximum Gasteiger partial charge on any atom is 0.387 e. The summed E-state index contributed by atoms with van der Waals surface area (Å²) >= 11 is 5.72. The van der Waals surface area contributed by atoms with Gasteiger partial charge in [0, 0.05) is 5.56 Å². The number of carbonyl (C=O) groups is 1. The van der Waals surface area contributed by atoms with Gasteiger partial charge in [-0.25, -0.2) is 0 Å². The fourth-order valence-electron chi connectivity index (χ4n) is 1.36. The van der Waals surface area contributed by atoms with Crippen LogP contribution >= 0.6 is 11.6 Å². The molecule has 8 heteroatoms. The SMILES string of the molecule is CC(=O)C(Cl)c1cccc(OC(F)F)c1OC(F)F. The van der Waals surface area contributed by atoms with Gasteiger partial charge in [-0.15, -0.1) is 11.6 Å².